The number of benzene rings is 3. The summed E-state index contributed by atoms with van der Waals surface area (Å²) in [6.45, 7) is 3.16. The Hall–Kier alpha value is -2.33. The number of hydrogen-bond acceptors (Lipinski definition) is 2. The van der Waals surface area contributed by atoms with Gasteiger partial charge in [-0.05, 0) is 79.7 Å². The van der Waals surface area contributed by atoms with E-state index in [0.717, 1.165) is 25.6 Å². The van der Waals surface area contributed by atoms with Crippen molar-refractivity contribution in [1.82, 2.24) is 4.90 Å². The van der Waals surface area contributed by atoms with Crippen molar-refractivity contribution in [3.8, 4) is 0 Å². The lowest BCUT2D eigenvalue weighted by Crippen LogP contribution is -2.33. The fourth-order valence-electron chi connectivity index (χ4n) is 4.15. The summed E-state index contributed by atoms with van der Waals surface area (Å²) in [4.78, 5) is 15.0. The Morgan fingerprint density at radius 1 is 0.871 bits per heavy atom. The lowest BCUT2D eigenvalue weighted by atomic mass is 9.90. The first-order chi connectivity index (χ1) is 15.0. The highest BCUT2D eigenvalue weighted by atomic mass is 35.5. The number of rotatable bonds is 6. The Labute approximate surface area is 194 Å². The molecular formula is C26H26Cl2N2O. The number of hydrogen-bond donors (Lipinski definition) is 1. The third kappa shape index (κ3) is 6.33. The van der Waals surface area contributed by atoms with Crippen LogP contribution in [-0.2, 0) is 13.0 Å². The predicted molar refractivity (Wildman–Crippen MR) is 129 cm³/mol. The third-order valence-corrected chi connectivity index (χ3v) is 6.25. The van der Waals surface area contributed by atoms with Crippen LogP contribution in [0.3, 0.4) is 0 Å². The quantitative estimate of drug-likeness (QED) is 0.451. The Morgan fingerprint density at radius 2 is 1.52 bits per heavy atom. The monoisotopic (exact) mass is 452 g/mol. The summed E-state index contributed by atoms with van der Waals surface area (Å²) in [5, 5.41) is 3.83. The molecule has 0 radical (unpaired) electrons. The molecule has 1 heterocycles. The van der Waals surface area contributed by atoms with E-state index in [1.54, 1.807) is 18.2 Å². The van der Waals surface area contributed by atoms with Gasteiger partial charge in [0.1, 0.15) is 0 Å². The Bertz CT molecular complexity index is 993. The zero-order chi connectivity index (χ0) is 21.6. The van der Waals surface area contributed by atoms with E-state index in [-0.39, 0.29) is 5.91 Å². The Kier molecular flexibility index (Phi) is 7.29. The summed E-state index contributed by atoms with van der Waals surface area (Å²) in [5.74, 6) is 0.594. The molecule has 160 valence electrons. The molecule has 1 fully saturated rings. The molecule has 0 bridgehead atoms. The molecule has 5 heteroatoms. The normalized spacial score (nSPS) is 15.0. The van der Waals surface area contributed by atoms with E-state index in [2.05, 4.69) is 40.5 Å². The molecule has 0 spiro atoms. The highest BCUT2D eigenvalue weighted by molar-refractivity contribution is 6.35. The molecule has 31 heavy (non-hydrogen) atoms. The molecule has 3 aromatic rings. The SMILES string of the molecule is O=C(Nc1cc(Cl)cc(Cl)c1)c1ccc(CN2CCC(Cc3ccccc3)CC2)cc1. The molecule has 0 aliphatic carbocycles. The number of likely N-dealkylation sites (tertiary alicyclic amines) is 1. The molecule has 0 unspecified atom stereocenters. The van der Waals surface area contributed by atoms with Crippen molar-refractivity contribution in [3.05, 3.63) is 99.5 Å². The van der Waals surface area contributed by atoms with E-state index in [4.69, 9.17) is 23.2 Å². The fourth-order valence-corrected chi connectivity index (χ4v) is 4.67. The van der Waals surface area contributed by atoms with Gasteiger partial charge in [0, 0.05) is 27.8 Å². The Morgan fingerprint density at radius 3 is 2.16 bits per heavy atom. The van der Waals surface area contributed by atoms with E-state index in [9.17, 15) is 4.79 Å². The van der Waals surface area contributed by atoms with Crippen molar-refractivity contribution in [1.29, 1.82) is 0 Å². The van der Waals surface area contributed by atoms with Crippen LogP contribution in [0.15, 0.2) is 72.8 Å². The topological polar surface area (TPSA) is 32.3 Å². The lowest BCUT2D eigenvalue weighted by molar-refractivity contribution is 0.102. The van der Waals surface area contributed by atoms with Gasteiger partial charge in [-0.3, -0.25) is 9.69 Å². The van der Waals surface area contributed by atoms with Crippen molar-refractivity contribution >= 4 is 34.8 Å². The molecule has 3 nitrogen and oxygen atoms in total. The number of anilines is 1. The number of nitrogens with zero attached hydrogens (tertiary/aromatic N) is 1. The van der Waals surface area contributed by atoms with Crippen LogP contribution in [0.4, 0.5) is 5.69 Å². The molecule has 1 N–H and O–H groups in total. The van der Waals surface area contributed by atoms with Gasteiger partial charge < -0.3 is 5.32 Å². The summed E-state index contributed by atoms with van der Waals surface area (Å²) in [5.41, 5.74) is 3.87. The van der Waals surface area contributed by atoms with Crippen LogP contribution < -0.4 is 5.32 Å². The number of halogens is 2. The van der Waals surface area contributed by atoms with Crippen molar-refractivity contribution in [2.24, 2.45) is 5.92 Å². The average molecular weight is 453 g/mol. The minimum absolute atomic E-state index is 0.174. The second-order valence-electron chi connectivity index (χ2n) is 8.22. The minimum Gasteiger partial charge on any atom is -0.322 e. The molecule has 1 saturated heterocycles. The molecule has 1 amide bonds. The zero-order valence-corrected chi connectivity index (χ0v) is 18.9. The smallest absolute Gasteiger partial charge is 0.255 e. The van der Waals surface area contributed by atoms with Crippen LogP contribution >= 0.6 is 23.2 Å². The molecule has 4 rings (SSSR count). The molecule has 3 aromatic carbocycles. The Balaban J connectivity index is 1.27. The van der Waals surface area contributed by atoms with E-state index in [0.29, 0.717) is 21.3 Å². The summed E-state index contributed by atoms with van der Waals surface area (Å²) < 4.78 is 0. The van der Waals surface area contributed by atoms with Gasteiger partial charge in [0.25, 0.3) is 5.91 Å². The largest absolute Gasteiger partial charge is 0.322 e. The highest BCUT2D eigenvalue weighted by Gasteiger charge is 2.19. The number of piperidine rings is 1. The van der Waals surface area contributed by atoms with E-state index in [1.165, 1.54) is 30.4 Å². The predicted octanol–water partition coefficient (Wildman–Crippen LogP) is 6.70. The summed E-state index contributed by atoms with van der Waals surface area (Å²) in [6, 6.07) is 23.6. The second-order valence-corrected chi connectivity index (χ2v) is 9.09. The maximum absolute atomic E-state index is 12.5. The van der Waals surface area contributed by atoms with Crippen molar-refractivity contribution in [2.75, 3.05) is 18.4 Å². The van der Waals surface area contributed by atoms with Gasteiger partial charge in [-0.2, -0.15) is 0 Å². The van der Waals surface area contributed by atoms with Gasteiger partial charge in [0.2, 0.25) is 0 Å². The van der Waals surface area contributed by atoms with Crippen LogP contribution in [0.2, 0.25) is 10.0 Å². The molecule has 0 aromatic heterocycles. The number of carbonyl (C=O) groups is 1. The summed E-state index contributed by atoms with van der Waals surface area (Å²) >= 11 is 12.0. The molecule has 0 saturated carbocycles. The molecule has 1 aliphatic rings. The first kappa shape index (κ1) is 21.9. The van der Waals surface area contributed by atoms with Crippen molar-refractivity contribution < 1.29 is 4.79 Å². The number of carbonyl (C=O) groups excluding carboxylic acids is 1. The van der Waals surface area contributed by atoms with Crippen LogP contribution in [0, 0.1) is 5.92 Å². The van der Waals surface area contributed by atoms with Gasteiger partial charge >= 0.3 is 0 Å². The van der Waals surface area contributed by atoms with E-state index >= 15 is 0 Å². The minimum atomic E-state index is -0.174. The van der Waals surface area contributed by atoms with Gasteiger partial charge in [-0.15, -0.1) is 0 Å². The number of nitrogens with one attached hydrogen (secondary N) is 1. The van der Waals surface area contributed by atoms with Crippen LogP contribution in [0.1, 0.15) is 34.3 Å². The van der Waals surface area contributed by atoms with Gasteiger partial charge in [0.15, 0.2) is 0 Å². The summed E-state index contributed by atoms with van der Waals surface area (Å²) in [6.07, 6.45) is 3.64. The molecular weight excluding hydrogens is 427 g/mol. The second kappa shape index (κ2) is 10.3. The first-order valence-corrected chi connectivity index (χ1v) is 11.4. The highest BCUT2D eigenvalue weighted by Crippen LogP contribution is 2.24. The maximum Gasteiger partial charge on any atom is 0.255 e. The summed E-state index contributed by atoms with van der Waals surface area (Å²) in [7, 11) is 0. The number of amides is 1. The van der Waals surface area contributed by atoms with E-state index in [1.807, 2.05) is 24.3 Å². The lowest BCUT2D eigenvalue weighted by Gasteiger charge is -2.32. The first-order valence-electron chi connectivity index (χ1n) is 10.7. The maximum atomic E-state index is 12.5. The van der Waals surface area contributed by atoms with Crippen molar-refractivity contribution in [3.63, 3.8) is 0 Å². The van der Waals surface area contributed by atoms with Crippen molar-refractivity contribution in [2.45, 2.75) is 25.8 Å². The average Bonchev–Trinajstić information content (AvgIpc) is 2.76. The molecule has 0 atom stereocenters. The standard InChI is InChI=1S/C26H26Cl2N2O/c27-23-15-24(28)17-25(16-23)29-26(31)22-8-6-21(7-9-22)18-30-12-10-20(11-13-30)14-19-4-2-1-3-5-19/h1-9,15-17,20H,10-14,18H2,(H,29,31). The van der Waals surface area contributed by atoms with E-state index < -0.39 is 0 Å². The van der Waals surface area contributed by atoms with Gasteiger partial charge in [-0.25, -0.2) is 0 Å². The fraction of sp³-hybridized carbons (Fsp3) is 0.269. The van der Waals surface area contributed by atoms with Crippen LogP contribution in [0.5, 0.6) is 0 Å². The zero-order valence-electron chi connectivity index (χ0n) is 17.4. The van der Waals surface area contributed by atoms with Crippen LogP contribution in [-0.4, -0.2) is 23.9 Å². The van der Waals surface area contributed by atoms with Gasteiger partial charge in [0.05, 0.1) is 0 Å². The van der Waals surface area contributed by atoms with Gasteiger partial charge in [-0.1, -0.05) is 65.7 Å². The third-order valence-electron chi connectivity index (χ3n) is 5.82. The van der Waals surface area contributed by atoms with Crippen LogP contribution in [0.25, 0.3) is 0 Å². The molecule has 1 aliphatic heterocycles.